The molecular formula is C10H14N2O3S2. The molecule has 1 amide bonds. The summed E-state index contributed by atoms with van der Waals surface area (Å²) in [5, 5.41) is 14.0. The lowest BCUT2D eigenvalue weighted by Crippen LogP contribution is -2.29. The van der Waals surface area contributed by atoms with Crippen molar-refractivity contribution < 1.29 is 14.7 Å². The number of thiazole rings is 1. The number of hydrogen-bond donors (Lipinski definition) is 2. The van der Waals surface area contributed by atoms with Gasteiger partial charge in [0.15, 0.2) is 0 Å². The third-order valence-electron chi connectivity index (χ3n) is 1.95. The van der Waals surface area contributed by atoms with Gasteiger partial charge in [-0.25, -0.2) is 4.98 Å². The van der Waals surface area contributed by atoms with E-state index >= 15 is 0 Å². The topological polar surface area (TPSA) is 79.3 Å². The predicted molar refractivity (Wildman–Crippen MR) is 68.2 cm³/mol. The van der Waals surface area contributed by atoms with Gasteiger partial charge in [0, 0.05) is 11.6 Å². The van der Waals surface area contributed by atoms with E-state index in [0.29, 0.717) is 0 Å². The van der Waals surface area contributed by atoms with Crippen LogP contribution in [0.25, 0.3) is 0 Å². The molecule has 0 saturated heterocycles. The van der Waals surface area contributed by atoms with Crippen LogP contribution in [0.4, 0.5) is 0 Å². The smallest absolute Gasteiger partial charge is 0.313 e. The third-order valence-corrected chi connectivity index (χ3v) is 3.76. The van der Waals surface area contributed by atoms with Crippen LogP contribution in [-0.4, -0.2) is 33.5 Å². The number of thioether (sulfide) groups is 1. The van der Waals surface area contributed by atoms with Gasteiger partial charge in [0.1, 0.15) is 5.01 Å². The van der Waals surface area contributed by atoms with E-state index in [4.69, 9.17) is 5.11 Å². The third kappa shape index (κ3) is 5.18. The molecule has 1 rings (SSSR count). The molecule has 0 aliphatic carbocycles. The first-order chi connectivity index (χ1) is 8.13. The molecule has 17 heavy (non-hydrogen) atoms. The number of hydrogen-bond acceptors (Lipinski definition) is 5. The first kappa shape index (κ1) is 14.0. The standard InChI is InChI=1S/C10H14N2O3S2/c1-2-7(10-11-3-4-17-10)12-8(13)5-16-6-9(14)15/h3-4,7H,2,5-6H2,1H3,(H,12,13)(H,14,15). The maximum absolute atomic E-state index is 11.5. The number of carboxylic acid groups (broad SMARTS) is 1. The van der Waals surface area contributed by atoms with Crippen LogP contribution < -0.4 is 5.32 Å². The van der Waals surface area contributed by atoms with E-state index in [-0.39, 0.29) is 23.5 Å². The Morgan fingerprint density at radius 3 is 2.88 bits per heavy atom. The fraction of sp³-hybridized carbons (Fsp3) is 0.500. The van der Waals surface area contributed by atoms with Crippen LogP contribution in [0.2, 0.25) is 0 Å². The Hall–Kier alpha value is -1.08. The predicted octanol–water partition coefficient (Wildman–Crippen LogP) is 1.53. The van der Waals surface area contributed by atoms with Crippen molar-refractivity contribution >= 4 is 35.0 Å². The Labute approximate surface area is 108 Å². The van der Waals surface area contributed by atoms with Gasteiger partial charge < -0.3 is 10.4 Å². The average Bonchev–Trinajstić information content (AvgIpc) is 2.78. The number of nitrogens with one attached hydrogen (secondary N) is 1. The summed E-state index contributed by atoms with van der Waals surface area (Å²) in [6.45, 7) is 1.97. The minimum Gasteiger partial charge on any atom is -0.481 e. The molecule has 0 aliphatic heterocycles. The molecule has 7 heteroatoms. The van der Waals surface area contributed by atoms with E-state index in [2.05, 4.69) is 10.3 Å². The van der Waals surface area contributed by atoms with Crippen molar-refractivity contribution in [3.8, 4) is 0 Å². The van der Waals surface area contributed by atoms with E-state index in [1.54, 1.807) is 6.20 Å². The lowest BCUT2D eigenvalue weighted by Gasteiger charge is -2.13. The van der Waals surface area contributed by atoms with Gasteiger partial charge in [0.2, 0.25) is 5.91 Å². The molecule has 0 bridgehead atoms. The maximum atomic E-state index is 11.5. The van der Waals surface area contributed by atoms with Crippen molar-refractivity contribution in [1.82, 2.24) is 10.3 Å². The molecule has 0 spiro atoms. The molecule has 1 heterocycles. The largest absolute Gasteiger partial charge is 0.481 e. The average molecular weight is 274 g/mol. The van der Waals surface area contributed by atoms with E-state index in [1.807, 2.05) is 12.3 Å². The molecule has 94 valence electrons. The number of carbonyl (C=O) groups excluding carboxylic acids is 1. The zero-order chi connectivity index (χ0) is 12.7. The number of nitrogens with zero attached hydrogens (tertiary/aromatic N) is 1. The molecule has 0 fully saturated rings. The molecule has 1 unspecified atom stereocenters. The molecule has 5 nitrogen and oxygen atoms in total. The lowest BCUT2D eigenvalue weighted by atomic mass is 10.2. The minimum atomic E-state index is -0.908. The molecule has 0 aliphatic rings. The highest BCUT2D eigenvalue weighted by molar-refractivity contribution is 8.00. The van der Waals surface area contributed by atoms with Crippen LogP contribution in [0.3, 0.4) is 0 Å². The second kappa shape index (κ2) is 7.29. The van der Waals surface area contributed by atoms with Gasteiger partial charge in [0.25, 0.3) is 0 Å². The number of aliphatic carboxylic acids is 1. The Balaban J connectivity index is 2.36. The van der Waals surface area contributed by atoms with Crippen LogP contribution in [0.1, 0.15) is 24.4 Å². The van der Waals surface area contributed by atoms with E-state index in [1.165, 1.54) is 11.3 Å². The number of amides is 1. The maximum Gasteiger partial charge on any atom is 0.313 e. The van der Waals surface area contributed by atoms with Crippen LogP contribution in [0, 0.1) is 0 Å². The molecule has 1 aromatic rings. The monoisotopic (exact) mass is 274 g/mol. The zero-order valence-electron chi connectivity index (χ0n) is 9.38. The van der Waals surface area contributed by atoms with Gasteiger partial charge in [-0.1, -0.05) is 6.92 Å². The summed E-state index contributed by atoms with van der Waals surface area (Å²) in [5.74, 6) is -0.955. The van der Waals surface area contributed by atoms with Crippen LogP contribution in [0.5, 0.6) is 0 Å². The van der Waals surface area contributed by atoms with E-state index in [9.17, 15) is 9.59 Å². The molecule has 1 atom stereocenters. The summed E-state index contributed by atoms with van der Waals surface area (Å²) < 4.78 is 0. The van der Waals surface area contributed by atoms with Gasteiger partial charge in [-0.2, -0.15) is 0 Å². The Morgan fingerprint density at radius 2 is 2.35 bits per heavy atom. The normalized spacial score (nSPS) is 12.1. The van der Waals surface area contributed by atoms with Gasteiger partial charge in [-0.05, 0) is 6.42 Å². The van der Waals surface area contributed by atoms with Gasteiger partial charge in [0.05, 0.1) is 17.5 Å². The quantitative estimate of drug-likeness (QED) is 0.788. The van der Waals surface area contributed by atoms with Gasteiger partial charge in [-0.3, -0.25) is 9.59 Å². The summed E-state index contributed by atoms with van der Waals surface area (Å²) in [4.78, 5) is 26.0. The Bertz CT molecular complexity index is 368. The second-order valence-corrected chi connectivity index (χ2v) is 5.20. The molecule has 0 saturated carbocycles. The molecule has 0 aromatic carbocycles. The Kier molecular flexibility index (Phi) is 5.99. The van der Waals surface area contributed by atoms with Crippen molar-refractivity contribution in [3.05, 3.63) is 16.6 Å². The zero-order valence-corrected chi connectivity index (χ0v) is 11.0. The van der Waals surface area contributed by atoms with E-state index < -0.39 is 5.97 Å². The summed E-state index contributed by atoms with van der Waals surface area (Å²) >= 11 is 2.59. The highest BCUT2D eigenvalue weighted by Gasteiger charge is 2.14. The van der Waals surface area contributed by atoms with Crippen molar-refractivity contribution in [2.24, 2.45) is 0 Å². The lowest BCUT2D eigenvalue weighted by molar-refractivity contribution is -0.133. The summed E-state index contributed by atoms with van der Waals surface area (Å²) in [6, 6.07) is -0.0760. The van der Waals surface area contributed by atoms with Crippen molar-refractivity contribution in [2.75, 3.05) is 11.5 Å². The fourth-order valence-corrected chi connectivity index (χ4v) is 2.53. The summed E-state index contributed by atoms with van der Waals surface area (Å²) in [6.07, 6.45) is 2.47. The molecule has 0 radical (unpaired) electrons. The van der Waals surface area contributed by atoms with Crippen molar-refractivity contribution in [2.45, 2.75) is 19.4 Å². The van der Waals surface area contributed by atoms with Crippen molar-refractivity contribution in [1.29, 1.82) is 0 Å². The molecule has 1 aromatic heterocycles. The molecular weight excluding hydrogens is 260 g/mol. The van der Waals surface area contributed by atoms with Crippen LogP contribution in [0.15, 0.2) is 11.6 Å². The number of carbonyl (C=O) groups is 2. The van der Waals surface area contributed by atoms with E-state index in [0.717, 1.165) is 23.2 Å². The fourth-order valence-electron chi connectivity index (χ4n) is 1.21. The minimum absolute atomic E-state index is 0.0541. The number of rotatable bonds is 7. The highest BCUT2D eigenvalue weighted by atomic mass is 32.2. The van der Waals surface area contributed by atoms with Crippen molar-refractivity contribution in [3.63, 3.8) is 0 Å². The number of aromatic nitrogens is 1. The summed E-state index contributed by atoms with van der Waals surface area (Å²) in [5.41, 5.74) is 0. The highest BCUT2D eigenvalue weighted by Crippen LogP contribution is 2.18. The first-order valence-electron chi connectivity index (χ1n) is 5.11. The second-order valence-electron chi connectivity index (χ2n) is 3.29. The van der Waals surface area contributed by atoms with Gasteiger partial charge >= 0.3 is 5.97 Å². The summed E-state index contributed by atoms with van der Waals surface area (Å²) in [7, 11) is 0. The first-order valence-corrected chi connectivity index (χ1v) is 7.15. The molecule has 2 N–H and O–H groups in total. The Morgan fingerprint density at radius 1 is 1.59 bits per heavy atom. The van der Waals surface area contributed by atoms with Crippen LogP contribution >= 0.6 is 23.1 Å². The van der Waals surface area contributed by atoms with Gasteiger partial charge in [-0.15, -0.1) is 23.1 Å². The van der Waals surface area contributed by atoms with Crippen LogP contribution in [-0.2, 0) is 9.59 Å². The number of carboxylic acids is 1. The SMILES string of the molecule is CCC(NC(=O)CSCC(=O)O)c1nccs1.